The number of carbonyl (C=O) groups excluding carboxylic acids is 1. The van der Waals surface area contributed by atoms with Gasteiger partial charge in [0, 0.05) is 45.2 Å². The maximum atomic E-state index is 12.9. The van der Waals surface area contributed by atoms with Gasteiger partial charge < -0.3 is 24.4 Å². The van der Waals surface area contributed by atoms with Crippen LogP contribution in [0.25, 0.3) is 0 Å². The molecule has 7 nitrogen and oxygen atoms in total. The summed E-state index contributed by atoms with van der Waals surface area (Å²) < 4.78 is 36.9. The Morgan fingerprint density at radius 1 is 1.09 bits per heavy atom. The van der Waals surface area contributed by atoms with E-state index in [1.54, 1.807) is 36.2 Å². The van der Waals surface area contributed by atoms with Crippen LogP contribution in [0.15, 0.2) is 58.5 Å². The van der Waals surface area contributed by atoms with E-state index in [4.69, 9.17) is 9.84 Å². The van der Waals surface area contributed by atoms with Gasteiger partial charge in [-0.15, -0.1) is 0 Å². The third-order valence-electron chi connectivity index (χ3n) is 6.11. The zero-order chi connectivity index (χ0) is 24.9. The topological polar surface area (TPSA) is 65.5 Å². The van der Waals surface area contributed by atoms with E-state index in [9.17, 15) is 13.6 Å². The molecule has 3 heterocycles. The molecule has 0 fully saturated rings. The number of carbonyl (C=O) groups is 1. The lowest BCUT2D eigenvalue weighted by atomic mass is 10.1. The van der Waals surface area contributed by atoms with Crippen LogP contribution in [-0.2, 0) is 11.2 Å². The van der Waals surface area contributed by atoms with Crippen LogP contribution in [0.3, 0.4) is 0 Å². The Morgan fingerprint density at radius 2 is 1.77 bits per heavy atom. The number of aliphatic hydroxyl groups is 1. The molecule has 188 valence electrons. The molecule has 3 aliphatic heterocycles. The number of hydrogen-bond acceptors (Lipinski definition) is 7. The molecule has 35 heavy (non-hydrogen) atoms. The number of fused-ring (bicyclic) bond motifs is 1. The second-order valence-electron chi connectivity index (χ2n) is 8.45. The van der Waals surface area contributed by atoms with E-state index in [0.717, 1.165) is 48.6 Å². The Hall–Kier alpha value is -2.82. The van der Waals surface area contributed by atoms with E-state index < -0.39 is 6.61 Å². The number of likely N-dealkylation sites (N-methyl/N-ethyl adjacent to an activating group) is 1. The number of nitrogens with zero attached hydrogens (tertiary/aromatic N) is 3. The molecule has 0 saturated heterocycles. The first-order valence-electron chi connectivity index (χ1n) is 11.3. The largest absolute Gasteiger partial charge is 0.490 e. The van der Waals surface area contributed by atoms with Gasteiger partial charge in [0.05, 0.1) is 18.7 Å². The van der Waals surface area contributed by atoms with Gasteiger partial charge >= 0.3 is 6.61 Å². The number of amides is 1. The number of aliphatic hydroxyl groups excluding tert-OH is 1. The van der Waals surface area contributed by atoms with Crippen molar-refractivity contribution < 1.29 is 28.2 Å². The molecule has 0 atom stereocenters. The summed E-state index contributed by atoms with van der Waals surface area (Å²) in [5, 5.41) is 7.00. The van der Waals surface area contributed by atoms with Crippen LogP contribution < -0.4 is 14.4 Å². The summed E-state index contributed by atoms with van der Waals surface area (Å²) in [6, 6.07) is 12.7. The number of rotatable bonds is 6. The zero-order valence-corrected chi connectivity index (χ0v) is 20.6. The van der Waals surface area contributed by atoms with Crippen LogP contribution in [0.1, 0.15) is 5.56 Å². The zero-order valence-electron chi connectivity index (χ0n) is 19.7. The van der Waals surface area contributed by atoms with Crippen molar-refractivity contribution in [2.24, 2.45) is 0 Å². The maximum absolute atomic E-state index is 12.9. The van der Waals surface area contributed by atoms with Crippen molar-refractivity contribution >= 4 is 23.5 Å². The molecule has 0 aliphatic carbocycles. The maximum Gasteiger partial charge on any atom is 0.387 e. The normalized spacial score (nSPS) is 17.1. The minimum atomic E-state index is -2.82. The Kier molecular flexibility index (Phi) is 8.15. The number of alkyl halides is 2. The van der Waals surface area contributed by atoms with Crippen LogP contribution in [0.2, 0.25) is 0 Å². The monoisotopic (exact) mass is 505 g/mol. The number of anilines is 1. The first-order valence-corrected chi connectivity index (χ1v) is 12.1. The van der Waals surface area contributed by atoms with Gasteiger partial charge in [0.15, 0.2) is 0 Å². The highest BCUT2D eigenvalue weighted by Crippen LogP contribution is 2.35. The van der Waals surface area contributed by atoms with E-state index in [1.165, 1.54) is 11.1 Å². The second kappa shape index (κ2) is 11.3. The van der Waals surface area contributed by atoms with Gasteiger partial charge in [0.25, 0.3) is 0 Å². The third kappa shape index (κ3) is 6.06. The SMILES string of the molecule is CN1CCOc2ccc(CC(=O)N3CC4=C(CN(Sc5ccc(OC(F)F)cc5)C4)C3)cc21.CO. The van der Waals surface area contributed by atoms with E-state index >= 15 is 0 Å². The van der Waals surface area contributed by atoms with Crippen LogP contribution in [0.5, 0.6) is 11.5 Å². The average Bonchev–Trinajstić information content (AvgIpc) is 3.41. The van der Waals surface area contributed by atoms with Crippen molar-refractivity contribution in [2.75, 3.05) is 58.4 Å². The standard InChI is InChI=1S/C24H25F2N3O3S.CH4O/c1-27-8-9-31-22-7-2-16(10-21(22)27)11-23(30)28-12-17-14-29(15-18(17)13-28)33-20-5-3-19(4-6-20)32-24(25)26;1-2/h2-7,10,24H,8-9,11-15H2,1H3;2H,1H3. The van der Waals surface area contributed by atoms with E-state index in [1.807, 2.05) is 24.1 Å². The number of ether oxygens (including phenoxy) is 2. The molecule has 2 aromatic carbocycles. The molecule has 0 unspecified atom stereocenters. The molecule has 10 heteroatoms. The lowest BCUT2D eigenvalue weighted by molar-refractivity contribution is -0.129. The molecule has 0 saturated carbocycles. The predicted molar refractivity (Wildman–Crippen MR) is 131 cm³/mol. The van der Waals surface area contributed by atoms with E-state index in [0.29, 0.717) is 26.1 Å². The van der Waals surface area contributed by atoms with Gasteiger partial charge in [0.1, 0.15) is 18.1 Å². The molecule has 0 spiro atoms. The Labute approximate surface area is 208 Å². The summed E-state index contributed by atoms with van der Waals surface area (Å²) in [6.45, 7) is 1.62. The van der Waals surface area contributed by atoms with Gasteiger partial charge in [0.2, 0.25) is 5.91 Å². The summed E-state index contributed by atoms with van der Waals surface area (Å²) in [5.41, 5.74) is 4.63. The molecule has 3 aliphatic rings. The van der Waals surface area contributed by atoms with Crippen molar-refractivity contribution in [3.63, 3.8) is 0 Å². The molecular weight excluding hydrogens is 476 g/mol. The minimum absolute atomic E-state index is 0.137. The lowest BCUT2D eigenvalue weighted by Crippen LogP contribution is -2.34. The third-order valence-corrected chi connectivity index (χ3v) is 7.11. The number of hydrogen-bond donors (Lipinski definition) is 1. The van der Waals surface area contributed by atoms with Crippen molar-refractivity contribution in [3.8, 4) is 11.5 Å². The van der Waals surface area contributed by atoms with Crippen molar-refractivity contribution in [1.82, 2.24) is 9.21 Å². The van der Waals surface area contributed by atoms with Crippen molar-refractivity contribution in [1.29, 1.82) is 0 Å². The summed E-state index contributed by atoms with van der Waals surface area (Å²) in [5.74, 6) is 1.16. The highest BCUT2D eigenvalue weighted by molar-refractivity contribution is 7.97. The van der Waals surface area contributed by atoms with Crippen LogP contribution in [0, 0.1) is 0 Å². The van der Waals surface area contributed by atoms with Gasteiger partial charge in [-0.2, -0.15) is 8.78 Å². The molecule has 0 bridgehead atoms. The van der Waals surface area contributed by atoms with Crippen molar-refractivity contribution in [2.45, 2.75) is 17.9 Å². The molecular formula is C25H29F2N3O4S. The van der Waals surface area contributed by atoms with Gasteiger partial charge in [-0.05, 0) is 65.1 Å². The summed E-state index contributed by atoms with van der Waals surface area (Å²) in [7, 11) is 3.04. The summed E-state index contributed by atoms with van der Waals surface area (Å²) >= 11 is 1.59. The highest BCUT2D eigenvalue weighted by Gasteiger charge is 2.32. The predicted octanol–water partition coefficient (Wildman–Crippen LogP) is 3.43. The van der Waals surface area contributed by atoms with Gasteiger partial charge in [-0.1, -0.05) is 6.07 Å². The Morgan fingerprint density at radius 3 is 2.43 bits per heavy atom. The fourth-order valence-corrected chi connectivity index (χ4v) is 5.41. The second-order valence-corrected chi connectivity index (χ2v) is 9.62. The molecule has 0 radical (unpaired) electrons. The van der Waals surface area contributed by atoms with Crippen LogP contribution in [-0.4, -0.2) is 80.3 Å². The smallest absolute Gasteiger partial charge is 0.387 e. The fourth-order valence-electron chi connectivity index (χ4n) is 4.41. The first kappa shape index (κ1) is 25.3. The summed E-state index contributed by atoms with van der Waals surface area (Å²) in [6.07, 6.45) is 0.382. The lowest BCUT2D eigenvalue weighted by Gasteiger charge is -2.28. The van der Waals surface area contributed by atoms with E-state index in [2.05, 4.69) is 20.0 Å². The number of halogens is 2. The van der Waals surface area contributed by atoms with Crippen LogP contribution >= 0.6 is 11.9 Å². The highest BCUT2D eigenvalue weighted by atomic mass is 32.2. The Balaban J connectivity index is 0.00000141. The van der Waals surface area contributed by atoms with Crippen molar-refractivity contribution in [3.05, 3.63) is 59.2 Å². The van der Waals surface area contributed by atoms with E-state index in [-0.39, 0.29) is 11.7 Å². The molecule has 2 aromatic rings. The minimum Gasteiger partial charge on any atom is -0.490 e. The first-order chi connectivity index (χ1) is 16.9. The van der Waals surface area contributed by atoms with Gasteiger partial charge in [-0.3, -0.25) is 4.79 Å². The quantitative estimate of drug-likeness (QED) is 0.477. The molecule has 5 rings (SSSR count). The molecule has 0 aromatic heterocycles. The van der Waals surface area contributed by atoms with Crippen LogP contribution in [0.4, 0.5) is 14.5 Å². The number of benzene rings is 2. The fraction of sp³-hybridized carbons (Fsp3) is 0.400. The summed E-state index contributed by atoms with van der Waals surface area (Å²) in [4.78, 5) is 18.0. The average molecular weight is 506 g/mol. The van der Waals surface area contributed by atoms with Gasteiger partial charge in [-0.25, -0.2) is 4.31 Å². The molecule has 1 amide bonds. The molecule has 1 N–H and O–H groups in total. The Bertz CT molecular complexity index is 1060.